The first-order valence-corrected chi connectivity index (χ1v) is 8.97. The third-order valence-corrected chi connectivity index (χ3v) is 6.52. The quantitative estimate of drug-likeness (QED) is 0.689. The van der Waals surface area contributed by atoms with Crippen molar-refractivity contribution >= 4 is 48.9 Å². The van der Waals surface area contributed by atoms with Gasteiger partial charge in [-0.25, -0.2) is 13.1 Å². The van der Waals surface area contributed by atoms with Gasteiger partial charge in [0.2, 0.25) is 10.0 Å². The topological polar surface area (TPSA) is 58.6 Å². The normalized spacial score (nSPS) is 12.3. The van der Waals surface area contributed by atoms with Crippen molar-refractivity contribution in [1.29, 1.82) is 0 Å². The highest BCUT2D eigenvalue weighted by molar-refractivity contribution is 9.11. The first-order chi connectivity index (χ1) is 8.83. The van der Waals surface area contributed by atoms with Crippen LogP contribution >= 0.6 is 38.9 Å². The van der Waals surface area contributed by atoms with Gasteiger partial charge in [0, 0.05) is 13.1 Å². The van der Waals surface area contributed by atoms with Crippen LogP contribution < -0.4 is 4.72 Å². The van der Waals surface area contributed by atoms with Gasteiger partial charge < -0.3 is 9.64 Å². The first kappa shape index (κ1) is 17.4. The fraction of sp³-hybridized carbons (Fsp3) is 0.600. The maximum absolute atomic E-state index is 11.9. The summed E-state index contributed by atoms with van der Waals surface area (Å²) in [5.74, 6) is 0. The number of rotatable bonds is 8. The lowest BCUT2D eigenvalue weighted by atomic mass is 10.6. The number of nitrogens with one attached hydrogen (secondary N) is 1. The van der Waals surface area contributed by atoms with E-state index in [9.17, 15) is 8.42 Å². The predicted molar refractivity (Wildman–Crippen MR) is 81.6 cm³/mol. The average molecular weight is 392 g/mol. The highest BCUT2D eigenvalue weighted by atomic mass is 79.9. The minimum absolute atomic E-state index is 0.192. The fourth-order valence-electron chi connectivity index (χ4n) is 1.13. The summed E-state index contributed by atoms with van der Waals surface area (Å²) < 4.78 is 32.4. The molecule has 0 saturated heterocycles. The number of halogens is 2. The number of hydrogen-bond acceptors (Lipinski definition) is 5. The molecule has 0 unspecified atom stereocenters. The lowest BCUT2D eigenvalue weighted by Crippen LogP contribution is -2.28. The van der Waals surface area contributed by atoms with Crippen LogP contribution in [-0.2, 0) is 14.8 Å². The summed E-state index contributed by atoms with van der Waals surface area (Å²) in [6.07, 6.45) is 0. The largest absolute Gasteiger partial charge is 0.379 e. The Bertz CT molecular complexity index is 485. The molecule has 0 spiro atoms. The van der Waals surface area contributed by atoms with Crippen LogP contribution in [0.4, 0.5) is 0 Å². The van der Waals surface area contributed by atoms with Crippen molar-refractivity contribution in [2.75, 3.05) is 40.4 Å². The number of hydrogen-bond donors (Lipinski definition) is 1. The van der Waals surface area contributed by atoms with Crippen molar-refractivity contribution < 1.29 is 13.2 Å². The van der Waals surface area contributed by atoms with Crippen molar-refractivity contribution in [3.63, 3.8) is 0 Å². The molecule has 9 heteroatoms. The molecule has 0 radical (unpaired) electrons. The summed E-state index contributed by atoms with van der Waals surface area (Å²) >= 11 is 10.1. The molecule has 1 aromatic rings. The van der Waals surface area contributed by atoms with Crippen LogP contribution in [-0.4, -0.2) is 53.7 Å². The lowest BCUT2D eigenvalue weighted by Gasteiger charge is -2.10. The maximum atomic E-state index is 11.9. The van der Waals surface area contributed by atoms with E-state index in [1.54, 1.807) is 0 Å². The van der Waals surface area contributed by atoms with Crippen LogP contribution in [0.5, 0.6) is 0 Å². The molecular weight excluding hydrogens is 376 g/mol. The monoisotopic (exact) mass is 390 g/mol. The van der Waals surface area contributed by atoms with E-state index in [0.717, 1.165) is 17.9 Å². The van der Waals surface area contributed by atoms with Crippen molar-refractivity contribution in [1.82, 2.24) is 9.62 Å². The van der Waals surface area contributed by atoms with Crippen molar-refractivity contribution in [2.45, 2.75) is 4.21 Å². The molecule has 0 aliphatic heterocycles. The zero-order chi connectivity index (χ0) is 14.5. The molecule has 0 aliphatic carbocycles. The SMILES string of the molecule is CN(C)CCOCCNS(=O)(=O)c1cc(Cl)c(Br)s1. The number of ether oxygens (including phenoxy) is 1. The fourth-order valence-corrected chi connectivity index (χ4v) is 4.58. The molecule has 1 rings (SSSR count). The zero-order valence-corrected chi connectivity index (χ0v) is 14.6. The number of nitrogens with zero attached hydrogens (tertiary/aromatic N) is 1. The molecule has 0 fully saturated rings. The van der Waals surface area contributed by atoms with Crippen LogP contribution in [0.1, 0.15) is 0 Å². The summed E-state index contributed by atoms with van der Waals surface area (Å²) in [5, 5.41) is 0.396. The molecular formula is C10H16BrClN2O3S2. The molecule has 0 aliphatic rings. The van der Waals surface area contributed by atoms with Crippen LogP contribution in [0.15, 0.2) is 14.1 Å². The number of likely N-dealkylation sites (N-methyl/N-ethyl adjacent to an activating group) is 1. The Kier molecular flexibility index (Phi) is 7.23. The smallest absolute Gasteiger partial charge is 0.250 e. The molecule has 5 nitrogen and oxygen atoms in total. The van der Waals surface area contributed by atoms with Crippen LogP contribution in [0.2, 0.25) is 5.02 Å². The molecule has 0 bridgehead atoms. The number of thiophene rings is 1. The summed E-state index contributed by atoms with van der Waals surface area (Å²) in [6, 6.07) is 1.42. The molecule has 0 aromatic carbocycles. The Morgan fingerprint density at radius 1 is 1.47 bits per heavy atom. The third kappa shape index (κ3) is 6.07. The second-order valence-corrected chi connectivity index (χ2v) is 8.77. The zero-order valence-electron chi connectivity index (χ0n) is 10.7. The van der Waals surface area contributed by atoms with E-state index in [4.69, 9.17) is 16.3 Å². The van der Waals surface area contributed by atoms with E-state index in [2.05, 4.69) is 20.7 Å². The molecule has 0 atom stereocenters. The van der Waals surface area contributed by atoms with Crippen molar-refractivity contribution in [2.24, 2.45) is 0 Å². The van der Waals surface area contributed by atoms with Crippen LogP contribution in [0, 0.1) is 0 Å². The standard InChI is InChI=1S/C10H16BrClN2O3S2/c1-14(2)4-6-17-5-3-13-19(15,16)9-7-8(12)10(11)18-9/h7,13H,3-6H2,1-2H3. The summed E-state index contributed by atoms with van der Waals surface area (Å²) in [6.45, 7) is 1.96. The molecule has 1 aromatic heterocycles. The second kappa shape index (κ2) is 7.92. The lowest BCUT2D eigenvalue weighted by molar-refractivity contribution is 0.122. The second-order valence-electron chi connectivity index (χ2n) is 4.00. The van der Waals surface area contributed by atoms with Gasteiger partial charge in [-0.15, -0.1) is 11.3 Å². The van der Waals surface area contributed by atoms with Crippen LogP contribution in [0.3, 0.4) is 0 Å². The summed E-state index contributed by atoms with van der Waals surface area (Å²) in [7, 11) is 0.396. The van der Waals surface area contributed by atoms with Gasteiger partial charge in [-0.2, -0.15) is 0 Å². The van der Waals surface area contributed by atoms with Gasteiger partial charge in [-0.3, -0.25) is 0 Å². The van der Waals surface area contributed by atoms with E-state index in [-0.39, 0.29) is 10.8 Å². The Hall–Kier alpha value is 0.300. The molecule has 0 saturated carbocycles. The van der Waals surface area contributed by atoms with Gasteiger partial charge >= 0.3 is 0 Å². The van der Waals surface area contributed by atoms with E-state index < -0.39 is 10.0 Å². The van der Waals surface area contributed by atoms with Crippen molar-refractivity contribution in [3.05, 3.63) is 14.9 Å². The number of sulfonamides is 1. The van der Waals surface area contributed by atoms with E-state index >= 15 is 0 Å². The predicted octanol–water partition coefficient (Wildman–Crippen LogP) is 2.02. The summed E-state index contributed by atoms with van der Waals surface area (Å²) in [5.41, 5.74) is 0. The Labute approximate surface area is 131 Å². The molecule has 1 heterocycles. The average Bonchev–Trinajstić information content (AvgIpc) is 2.64. The Morgan fingerprint density at radius 2 is 2.16 bits per heavy atom. The minimum atomic E-state index is -3.50. The molecule has 19 heavy (non-hydrogen) atoms. The van der Waals surface area contributed by atoms with Gasteiger partial charge in [0.25, 0.3) is 0 Å². The molecule has 1 N–H and O–H groups in total. The van der Waals surface area contributed by atoms with Gasteiger partial charge in [0.15, 0.2) is 0 Å². The van der Waals surface area contributed by atoms with Crippen LogP contribution in [0.25, 0.3) is 0 Å². The van der Waals surface area contributed by atoms with Crippen molar-refractivity contribution in [3.8, 4) is 0 Å². The maximum Gasteiger partial charge on any atom is 0.250 e. The molecule has 110 valence electrons. The summed E-state index contributed by atoms with van der Waals surface area (Å²) in [4.78, 5) is 2.00. The van der Waals surface area contributed by atoms with Gasteiger partial charge in [-0.05, 0) is 36.1 Å². The Balaban J connectivity index is 2.36. The van der Waals surface area contributed by atoms with Gasteiger partial charge in [-0.1, -0.05) is 11.6 Å². The van der Waals surface area contributed by atoms with Gasteiger partial charge in [0.1, 0.15) is 4.21 Å². The Morgan fingerprint density at radius 3 is 2.68 bits per heavy atom. The highest BCUT2D eigenvalue weighted by Crippen LogP contribution is 2.34. The molecule has 0 amide bonds. The van der Waals surface area contributed by atoms with E-state index in [0.29, 0.717) is 22.0 Å². The van der Waals surface area contributed by atoms with Gasteiger partial charge in [0.05, 0.1) is 22.0 Å². The first-order valence-electron chi connectivity index (χ1n) is 5.50. The third-order valence-electron chi connectivity index (χ3n) is 2.11. The van der Waals surface area contributed by atoms with E-state index in [1.807, 2.05) is 19.0 Å². The highest BCUT2D eigenvalue weighted by Gasteiger charge is 2.18. The minimum Gasteiger partial charge on any atom is -0.379 e. The van der Waals surface area contributed by atoms with E-state index in [1.165, 1.54) is 6.07 Å².